The molecule has 0 fully saturated rings. The number of nitrogens with zero attached hydrogens (tertiary/aromatic N) is 2. The summed E-state index contributed by atoms with van der Waals surface area (Å²) in [5.74, 6) is -1.60. The third-order valence-corrected chi connectivity index (χ3v) is 8.05. The zero-order valence-corrected chi connectivity index (χ0v) is 24.7. The molecule has 2 amide bonds. The number of aryl methyl sites for hydroxylation is 1. The number of sulfonamides is 1. The molecule has 0 saturated carbocycles. The summed E-state index contributed by atoms with van der Waals surface area (Å²) >= 11 is 6.17. The maximum absolute atomic E-state index is 14.8. The smallest absolute Gasteiger partial charge is 0.244 e. The van der Waals surface area contributed by atoms with Gasteiger partial charge in [-0.05, 0) is 49.6 Å². The van der Waals surface area contributed by atoms with Gasteiger partial charge in [0.2, 0.25) is 21.8 Å². The minimum Gasteiger partial charge on any atom is -0.352 e. The van der Waals surface area contributed by atoms with Gasteiger partial charge in [-0.1, -0.05) is 73.1 Å². The zero-order chi connectivity index (χ0) is 29.4. The maximum atomic E-state index is 14.8. The van der Waals surface area contributed by atoms with E-state index in [-0.39, 0.29) is 30.3 Å². The Bertz CT molecular complexity index is 1440. The summed E-state index contributed by atoms with van der Waals surface area (Å²) in [5, 5.41) is 3.25. The van der Waals surface area contributed by atoms with E-state index in [1.165, 1.54) is 29.2 Å². The molecule has 0 spiro atoms. The average molecular weight is 588 g/mol. The largest absolute Gasteiger partial charge is 0.352 e. The molecule has 0 radical (unpaired) electrons. The third kappa shape index (κ3) is 8.29. The van der Waals surface area contributed by atoms with Gasteiger partial charge in [-0.15, -0.1) is 0 Å². The number of benzene rings is 3. The van der Waals surface area contributed by atoms with Crippen LogP contribution in [0.4, 0.5) is 10.1 Å². The molecule has 0 heterocycles. The standard InChI is InChI=1S/C30H35ClFN3O4S/c1-5-22(3)33-30(37)28(17-23-11-7-6-8-12-23)34(19-24-13-9-10-14-26(24)32)29(36)20-35(40(4,38)39)27-18-25(31)16-15-21(27)2/h6-16,18,22,28H,5,17,19-20H2,1-4H3,(H,33,37)/t22-,28+/m1/s1. The van der Waals surface area contributed by atoms with Crippen LogP contribution in [0.15, 0.2) is 72.8 Å². The number of nitrogens with one attached hydrogen (secondary N) is 1. The molecule has 0 unspecified atom stereocenters. The fraction of sp³-hybridized carbons (Fsp3) is 0.333. The van der Waals surface area contributed by atoms with E-state index in [0.29, 0.717) is 17.0 Å². The van der Waals surface area contributed by atoms with Crippen LogP contribution in [0, 0.1) is 12.7 Å². The van der Waals surface area contributed by atoms with Crippen molar-refractivity contribution in [2.75, 3.05) is 17.1 Å². The molecule has 0 aliphatic heterocycles. The number of halogens is 2. The molecule has 3 aromatic rings. The van der Waals surface area contributed by atoms with E-state index in [1.807, 2.05) is 44.2 Å². The first-order valence-electron chi connectivity index (χ1n) is 13.0. The van der Waals surface area contributed by atoms with Crippen LogP contribution >= 0.6 is 11.6 Å². The molecule has 0 aromatic heterocycles. The van der Waals surface area contributed by atoms with E-state index in [0.717, 1.165) is 16.1 Å². The minimum atomic E-state index is -3.94. The van der Waals surface area contributed by atoms with Crippen molar-refractivity contribution in [3.8, 4) is 0 Å². The maximum Gasteiger partial charge on any atom is 0.244 e. The molecule has 40 heavy (non-hydrogen) atoms. The third-order valence-electron chi connectivity index (χ3n) is 6.69. The first-order chi connectivity index (χ1) is 18.9. The fourth-order valence-corrected chi connectivity index (χ4v) is 5.32. The summed E-state index contributed by atoms with van der Waals surface area (Å²) in [7, 11) is -3.94. The van der Waals surface area contributed by atoms with Crippen molar-refractivity contribution >= 4 is 39.1 Å². The molecule has 0 saturated heterocycles. The zero-order valence-electron chi connectivity index (χ0n) is 23.1. The highest BCUT2D eigenvalue weighted by atomic mass is 35.5. The van der Waals surface area contributed by atoms with Crippen molar-refractivity contribution in [1.29, 1.82) is 0 Å². The Morgan fingerprint density at radius 1 is 1.02 bits per heavy atom. The monoisotopic (exact) mass is 587 g/mol. The lowest BCUT2D eigenvalue weighted by Gasteiger charge is -2.34. The Labute approximate surface area is 241 Å². The van der Waals surface area contributed by atoms with E-state index in [4.69, 9.17) is 11.6 Å². The van der Waals surface area contributed by atoms with Gasteiger partial charge in [0, 0.05) is 29.6 Å². The lowest BCUT2D eigenvalue weighted by molar-refractivity contribution is -0.140. The summed E-state index contributed by atoms with van der Waals surface area (Å²) in [4.78, 5) is 29.0. The van der Waals surface area contributed by atoms with Gasteiger partial charge in [0.25, 0.3) is 0 Å². The van der Waals surface area contributed by atoms with Gasteiger partial charge >= 0.3 is 0 Å². The van der Waals surface area contributed by atoms with Crippen LogP contribution in [0.3, 0.4) is 0 Å². The average Bonchev–Trinajstić information content (AvgIpc) is 2.91. The van der Waals surface area contributed by atoms with E-state index >= 15 is 0 Å². The van der Waals surface area contributed by atoms with E-state index < -0.39 is 40.2 Å². The highest BCUT2D eigenvalue weighted by Gasteiger charge is 2.34. The van der Waals surface area contributed by atoms with Gasteiger partial charge in [-0.2, -0.15) is 0 Å². The van der Waals surface area contributed by atoms with Crippen molar-refractivity contribution in [2.45, 2.75) is 52.2 Å². The van der Waals surface area contributed by atoms with Crippen LogP contribution in [-0.2, 0) is 32.6 Å². The number of hydrogen-bond acceptors (Lipinski definition) is 4. The molecule has 2 atom stereocenters. The van der Waals surface area contributed by atoms with E-state index in [2.05, 4.69) is 5.32 Å². The summed E-state index contributed by atoms with van der Waals surface area (Å²) < 4.78 is 41.6. The molecule has 3 aromatic carbocycles. The molecular formula is C30H35ClFN3O4S. The van der Waals surface area contributed by atoms with Crippen molar-refractivity contribution in [3.05, 3.63) is 100 Å². The van der Waals surface area contributed by atoms with Crippen molar-refractivity contribution < 1.29 is 22.4 Å². The lowest BCUT2D eigenvalue weighted by Crippen LogP contribution is -2.54. The quantitative estimate of drug-likeness (QED) is 0.319. The van der Waals surface area contributed by atoms with Crippen LogP contribution in [0.1, 0.15) is 37.0 Å². The normalized spacial score (nSPS) is 12.8. The Morgan fingerprint density at radius 3 is 2.30 bits per heavy atom. The minimum absolute atomic E-state index is 0.151. The molecule has 214 valence electrons. The van der Waals surface area contributed by atoms with Crippen molar-refractivity contribution in [2.24, 2.45) is 0 Å². The van der Waals surface area contributed by atoms with Gasteiger partial charge in [-0.3, -0.25) is 13.9 Å². The number of rotatable bonds is 12. The predicted octanol–water partition coefficient (Wildman–Crippen LogP) is 5.11. The second kappa shape index (κ2) is 13.8. The number of carbonyl (C=O) groups excluding carboxylic acids is 2. The predicted molar refractivity (Wildman–Crippen MR) is 157 cm³/mol. The number of amides is 2. The van der Waals surface area contributed by atoms with Crippen molar-refractivity contribution in [1.82, 2.24) is 10.2 Å². The second-order valence-corrected chi connectivity index (χ2v) is 12.2. The van der Waals surface area contributed by atoms with Crippen LogP contribution in [0.2, 0.25) is 5.02 Å². The van der Waals surface area contributed by atoms with Gasteiger partial charge in [0.1, 0.15) is 18.4 Å². The topological polar surface area (TPSA) is 86.8 Å². The summed E-state index contributed by atoms with van der Waals surface area (Å²) in [5.41, 5.74) is 1.84. The Hall–Kier alpha value is -3.43. The van der Waals surface area contributed by atoms with Crippen LogP contribution in [0.25, 0.3) is 0 Å². The number of hydrogen-bond donors (Lipinski definition) is 1. The molecule has 0 aliphatic carbocycles. The van der Waals surface area contributed by atoms with E-state index in [1.54, 1.807) is 25.1 Å². The highest BCUT2D eigenvalue weighted by molar-refractivity contribution is 7.92. The SMILES string of the molecule is CC[C@@H](C)NC(=O)[C@H](Cc1ccccc1)N(Cc1ccccc1F)C(=O)CN(c1cc(Cl)ccc1C)S(C)(=O)=O. The van der Waals surface area contributed by atoms with Crippen LogP contribution in [0.5, 0.6) is 0 Å². The van der Waals surface area contributed by atoms with Crippen LogP contribution in [-0.4, -0.2) is 50.0 Å². The molecule has 0 aliphatic rings. The highest BCUT2D eigenvalue weighted by Crippen LogP contribution is 2.27. The first kappa shape index (κ1) is 31.1. The van der Waals surface area contributed by atoms with Crippen LogP contribution < -0.4 is 9.62 Å². The van der Waals surface area contributed by atoms with Gasteiger partial charge in [0.15, 0.2) is 0 Å². The molecule has 0 bridgehead atoms. The first-order valence-corrected chi connectivity index (χ1v) is 15.2. The second-order valence-electron chi connectivity index (χ2n) is 9.84. The van der Waals surface area contributed by atoms with Crippen molar-refractivity contribution in [3.63, 3.8) is 0 Å². The Morgan fingerprint density at radius 2 is 1.68 bits per heavy atom. The molecule has 3 rings (SSSR count). The molecular weight excluding hydrogens is 553 g/mol. The lowest BCUT2D eigenvalue weighted by atomic mass is 10.0. The summed E-state index contributed by atoms with van der Waals surface area (Å²) in [6.07, 6.45) is 1.82. The molecule has 10 heteroatoms. The summed E-state index contributed by atoms with van der Waals surface area (Å²) in [6, 6.07) is 18.7. The Kier molecular flexibility index (Phi) is 10.7. The molecule has 1 N–H and O–H groups in total. The molecule has 7 nitrogen and oxygen atoms in total. The Balaban J connectivity index is 2.10. The summed E-state index contributed by atoms with van der Waals surface area (Å²) in [6.45, 7) is 4.66. The number of anilines is 1. The fourth-order valence-electron chi connectivity index (χ4n) is 4.25. The van der Waals surface area contributed by atoms with E-state index in [9.17, 15) is 22.4 Å². The van der Waals surface area contributed by atoms with Gasteiger partial charge in [0.05, 0.1) is 11.9 Å². The van der Waals surface area contributed by atoms with Gasteiger partial charge < -0.3 is 10.2 Å². The van der Waals surface area contributed by atoms with Gasteiger partial charge in [-0.25, -0.2) is 12.8 Å². The number of carbonyl (C=O) groups is 2.